The molecule has 0 unspecified atom stereocenters. The zero-order chi connectivity index (χ0) is 13.1. The van der Waals surface area contributed by atoms with E-state index < -0.39 is 4.92 Å². The maximum absolute atomic E-state index is 10.6. The highest BCUT2D eigenvalue weighted by molar-refractivity contribution is 9.10. The Morgan fingerprint density at radius 3 is 2.89 bits per heavy atom. The first-order valence-electron chi connectivity index (χ1n) is 4.61. The number of halogens is 2. The van der Waals surface area contributed by atoms with Crippen molar-refractivity contribution in [3.8, 4) is 5.75 Å². The third-order valence-electron chi connectivity index (χ3n) is 1.92. The quantitative estimate of drug-likeness (QED) is 0.623. The van der Waals surface area contributed by atoms with Crippen molar-refractivity contribution in [3.05, 3.63) is 42.3 Å². The molecule has 0 saturated heterocycles. The molecule has 0 N–H and O–H groups in total. The summed E-state index contributed by atoms with van der Waals surface area (Å²) in [6.07, 6.45) is 0. The summed E-state index contributed by atoms with van der Waals surface area (Å²) < 4.78 is 6.38. The van der Waals surface area contributed by atoms with E-state index in [2.05, 4.69) is 26.1 Å². The van der Waals surface area contributed by atoms with Gasteiger partial charge in [0.15, 0.2) is 5.01 Å². The van der Waals surface area contributed by atoms with Crippen LogP contribution in [0.1, 0.15) is 5.01 Å². The number of aromatic nitrogens is 2. The first kappa shape index (κ1) is 13.2. The number of benzene rings is 1. The zero-order valence-corrected chi connectivity index (χ0v) is 11.8. The predicted octanol–water partition coefficient (Wildman–Crippen LogP) is 3.44. The minimum atomic E-state index is -0.485. The number of non-ortho nitro benzene ring substituents is 1. The van der Waals surface area contributed by atoms with Crippen molar-refractivity contribution < 1.29 is 9.66 Å². The minimum Gasteiger partial charge on any atom is -0.485 e. The molecule has 1 aromatic carbocycles. The summed E-state index contributed by atoms with van der Waals surface area (Å²) in [5.41, 5.74) is -0.0384. The van der Waals surface area contributed by atoms with E-state index in [9.17, 15) is 10.1 Å². The van der Waals surface area contributed by atoms with Gasteiger partial charge in [0, 0.05) is 6.07 Å². The molecule has 18 heavy (non-hydrogen) atoms. The first-order valence-corrected chi connectivity index (χ1v) is 6.59. The van der Waals surface area contributed by atoms with Crippen LogP contribution in [0, 0.1) is 10.1 Å². The largest absolute Gasteiger partial charge is 0.485 e. The Bertz CT molecular complexity index is 592. The first-order chi connectivity index (χ1) is 8.56. The van der Waals surface area contributed by atoms with Crippen molar-refractivity contribution in [1.29, 1.82) is 0 Å². The maximum Gasteiger partial charge on any atom is 0.273 e. The maximum atomic E-state index is 10.6. The number of nitrogens with zero attached hydrogens (tertiary/aromatic N) is 3. The van der Waals surface area contributed by atoms with Crippen LogP contribution in [0.3, 0.4) is 0 Å². The number of hydrogen-bond donors (Lipinski definition) is 0. The number of nitro groups is 1. The zero-order valence-electron chi connectivity index (χ0n) is 8.67. The lowest BCUT2D eigenvalue weighted by molar-refractivity contribution is -0.385. The van der Waals surface area contributed by atoms with Gasteiger partial charge in [-0.2, -0.15) is 0 Å². The highest BCUT2D eigenvalue weighted by Gasteiger charge is 2.11. The SMILES string of the molecule is O=[N+]([O-])c1ccc(Br)c(OCc2nnc(Cl)s2)c1. The van der Waals surface area contributed by atoms with Crippen LogP contribution in [-0.2, 0) is 6.61 Å². The van der Waals surface area contributed by atoms with Crippen LogP contribution < -0.4 is 4.74 Å². The number of ether oxygens (including phenoxy) is 1. The molecule has 0 fully saturated rings. The lowest BCUT2D eigenvalue weighted by Gasteiger charge is -2.05. The third-order valence-corrected chi connectivity index (χ3v) is 3.57. The van der Waals surface area contributed by atoms with Crippen molar-refractivity contribution in [3.63, 3.8) is 0 Å². The molecule has 9 heteroatoms. The molecule has 0 bridgehead atoms. The van der Waals surface area contributed by atoms with Gasteiger partial charge in [0.1, 0.15) is 12.4 Å². The monoisotopic (exact) mass is 349 g/mol. The summed E-state index contributed by atoms with van der Waals surface area (Å²) in [6.45, 7) is 0.157. The Kier molecular flexibility index (Phi) is 4.10. The summed E-state index contributed by atoms with van der Waals surface area (Å²) in [5, 5.41) is 18.6. The van der Waals surface area contributed by atoms with Crippen LogP contribution in [0.25, 0.3) is 0 Å². The molecule has 94 valence electrons. The normalized spacial score (nSPS) is 10.3. The molecule has 0 aliphatic carbocycles. The molecule has 0 atom stereocenters. The molecule has 0 spiro atoms. The second kappa shape index (κ2) is 5.59. The van der Waals surface area contributed by atoms with Gasteiger partial charge in [-0.05, 0) is 33.6 Å². The fraction of sp³-hybridized carbons (Fsp3) is 0.111. The number of nitro benzene ring substituents is 1. The second-order valence-electron chi connectivity index (χ2n) is 3.11. The van der Waals surface area contributed by atoms with Crippen LogP contribution in [0.5, 0.6) is 5.75 Å². The summed E-state index contributed by atoms with van der Waals surface area (Å²) in [5.74, 6) is 0.371. The predicted molar refractivity (Wildman–Crippen MR) is 70.0 cm³/mol. The van der Waals surface area contributed by atoms with Crippen molar-refractivity contribution in [2.75, 3.05) is 0 Å². The summed E-state index contributed by atoms with van der Waals surface area (Å²) in [7, 11) is 0. The molecule has 0 aliphatic heterocycles. The lowest BCUT2D eigenvalue weighted by atomic mass is 10.3. The number of rotatable bonds is 4. The Morgan fingerprint density at radius 2 is 2.28 bits per heavy atom. The van der Waals surface area contributed by atoms with Gasteiger partial charge in [-0.3, -0.25) is 10.1 Å². The van der Waals surface area contributed by atoms with Gasteiger partial charge in [0.25, 0.3) is 5.69 Å². The van der Waals surface area contributed by atoms with E-state index in [1.807, 2.05) is 0 Å². The second-order valence-corrected chi connectivity index (χ2v) is 5.61. The molecule has 1 aromatic heterocycles. The van der Waals surface area contributed by atoms with Gasteiger partial charge in [0.2, 0.25) is 4.47 Å². The third kappa shape index (κ3) is 3.15. The molecule has 0 saturated carbocycles. The fourth-order valence-corrected chi connectivity index (χ4v) is 2.29. The van der Waals surface area contributed by atoms with Crippen LogP contribution in [0.2, 0.25) is 4.47 Å². The van der Waals surface area contributed by atoms with Crippen LogP contribution >= 0.6 is 38.9 Å². The highest BCUT2D eigenvalue weighted by Crippen LogP contribution is 2.30. The Hall–Kier alpha value is -1.25. The summed E-state index contributed by atoms with van der Waals surface area (Å²) >= 11 is 10.1. The standard InChI is InChI=1S/C9H5BrClN3O3S/c10-6-2-1-5(14(15)16)3-7(6)17-4-8-12-13-9(11)18-8/h1-3H,4H2. The molecule has 0 radical (unpaired) electrons. The van der Waals surface area contributed by atoms with Gasteiger partial charge in [-0.25, -0.2) is 0 Å². The summed E-state index contributed by atoms with van der Waals surface area (Å²) in [4.78, 5) is 10.2. The topological polar surface area (TPSA) is 78.2 Å². The molecule has 0 amide bonds. The van der Waals surface area contributed by atoms with Crippen LogP contribution in [0.4, 0.5) is 5.69 Å². The molecular weight excluding hydrogens is 346 g/mol. The van der Waals surface area contributed by atoms with E-state index in [-0.39, 0.29) is 12.3 Å². The van der Waals surface area contributed by atoms with E-state index in [4.69, 9.17) is 16.3 Å². The van der Waals surface area contributed by atoms with Crippen molar-refractivity contribution in [1.82, 2.24) is 10.2 Å². The van der Waals surface area contributed by atoms with Crippen molar-refractivity contribution in [2.45, 2.75) is 6.61 Å². The van der Waals surface area contributed by atoms with Gasteiger partial charge in [-0.15, -0.1) is 10.2 Å². The smallest absolute Gasteiger partial charge is 0.273 e. The van der Waals surface area contributed by atoms with E-state index in [0.29, 0.717) is 19.7 Å². The van der Waals surface area contributed by atoms with E-state index in [1.54, 1.807) is 6.07 Å². The Balaban J connectivity index is 2.13. The van der Waals surface area contributed by atoms with Gasteiger partial charge < -0.3 is 4.74 Å². The molecule has 2 rings (SSSR count). The van der Waals surface area contributed by atoms with E-state index >= 15 is 0 Å². The highest BCUT2D eigenvalue weighted by atomic mass is 79.9. The number of hydrogen-bond acceptors (Lipinski definition) is 6. The fourth-order valence-electron chi connectivity index (χ4n) is 1.15. The molecule has 1 heterocycles. The van der Waals surface area contributed by atoms with Gasteiger partial charge in [0.05, 0.1) is 15.5 Å². The van der Waals surface area contributed by atoms with Crippen molar-refractivity contribution >= 4 is 44.6 Å². The average molecular weight is 351 g/mol. The molecule has 6 nitrogen and oxygen atoms in total. The van der Waals surface area contributed by atoms with Gasteiger partial charge in [-0.1, -0.05) is 11.3 Å². The van der Waals surface area contributed by atoms with Crippen LogP contribution in [0.15, 0.2) is 22.7 Å². The summed E-state index contributed by atoms with van der Waals surface area (Å²) in [6, 6.07) is 4.28. The minimum absolute atomic E-state index is 0.0384. The lowest BCUT2D eigenvalue weighted by Crippen LogP contribution is -1.97. The molecular formula is C9H5BrClN3O3S. The van der Waals surface area contributed by atoms with Crippen molar-refractivity contribution in [2.24, 2.45) is 0 Å². The Morgan fingerprint density at radius 1 is 1.50 bits per heavy atom. The van der Waals surface area contributed by atoms with E-state index in [1.165, 1.54) is 23.5 Å². The van der Waals surface area contributed by atoms with E-state index in [0.717, 1.165) is 0 Å². The average Bonchev–Trinajstić information content (AvgIpc) is 2.74. The molecule has 2 aromatic rings. The Labute approximate surface area is 119 Å². The van der Waals surface area contributed by atoms with Gasteiger partial charge >= 0.3 is 0 Å². The van der Waals surface area contributed by atoms with Crippen LogP contribution in [-0.4, -0.2) is 15.1 Å². The molecule has 0 aliphatic rings.